The minimum absolute atomic E-state index is 0.114. The molecular weight excluding hydrogens is 280 g/mol. The van der Waals surface area contributed by atoms with Crippen molar-refractivity contribution in [3.63, 3.8) is 0 Å². The number of thiophene rings is 1. The van der Waals surface area contributed by atoms with Gasteiger partial charge in [0.05, 0.1) is 18.3 Å². The van der Waals surface area contributed by atoms with E-state index in [1.807, 2.05) is 30.3 Å². The summed E-state index contributed by atoms with van der Waals surface area (Å²) in [6.45, 7) is 0.591. The van der Waals surface area contributed by atoms with Gasteiger partial charge in [-0.2, -0.15) is 0 Å². The van der Waals surface area contributed by atoms with Crippen LogP contribution >= 0.6 is 11.3 Å². The summed E-state index contributed by atoms with van der Waals surface area (Å²) in [5, 5.41) is 0.869. The standard InChI is InChI=1S/C17H16N2OS/c20-17-15-13-8-4-5-9-14(13)21-16(15)18-11-19(17)10-12-6-2-1-3-7-12/h1-3,6-7,11H,4-5,8-10H2. The number of fused-ring (bicyclic) bond motifs is 3. The van der Waals surface area contributed by atoms with Crippen molar-refractivity contribution in [2.24, 2.45) is 0 Å². The molecule has 1 aliphatic carbocycles. The minimum Gasteiger partial charge on any atom is -0.294 e. The van der Waals surface area contributed by atoms with Crippen molar-refractivity contribution < 1.29 is 0 Å². The number of hydrogen-bond donors (Lipinski definition) is 0. The molecule has 1 aliphatic rings. The molecule has 0 N–H and O–H groups in total. The summed E-state index contributed by atoms with van der Waals surface area (Å²) in [5.41, 5.74) is 2.51. The average molecular weight is 296 g/mol. The molecule has 0 saturated carbocycles. The Balaban J connectivity index is 1.84. The number of aryl methyl sites for hydroxylation is 2. The van der Waals surface area contributed by atoms with Crippen molar-refractivity contribution >= 4 is 21.6 Å². The lowest BCUT2D eigenvalue weighted by Gasteiger charge is -2.10. The van der Waals surface area contributed by atoms with Gasteiger partial charge in [-0.25, -0.2) is 4.98 Å². The summed E-state index contributed by atoms with van der Waals surface area (Å²) in [5.74, 6) is 0. The fourth-order valence-corrected chi connectivity index (χ4v) is 4.29. The van der Waals surface area contributed by atoms with Crippen LogP contribution in [-0.4, -0.2) is 9.55 Å². The van der Waals surface area contributed by atoms with Crippen LogP contribution in [0.25, 0.3) is 10.2 Å². The SMILES string of the molecule is O=c1c2c3c(sc2ncn1Cc1ccccc1)CCCC3. The van der Waals surface area contributed by atoms with Gasteiger partial charge in [-0.15, -0.1) is 11.3 Å². The Morgan fingerprint density at radius 2 is 1.95 bits per heavy atom. The highest BCUT2D eigenvalue weighted by molar-refractivity contribution is 7.18. The van der Waals surface area contributed by atoms with Gasteiger partial charge in [0, 0.05) is 4.88 Å². The van der Waals surface area contributed by atoms with Crippen LogP contribution in [0.2, 0.25) is 0 Å². The van der Waals surface area contributed by atoms with Crippen molar-refractivity contribution in [2.75, 3.05) is 0 Å². The molecule has 21 heavy (non-hydrogen) atoms. The monoisotopic (exact) mass is 296 g/mol. The van der Waals surface area contributed by atoms with E-state index in [9.17, 15) is 4.79 Å². The van der Waals surface area contributed by atoms with E-state index in [0.717, 1.165) is 28.6 Å². The maximum absolute atomic E-state index is 12.8. The zero-order chi connectivity index (χ0) is 14.2. The molecule has 0 aliphatic heterocycles. The minimum atomic E-state index is 0.114. The maximum Gasteiger partial charge on any atom is 0.262 e. The third kappa shape index (κ3) is 2.20. The highest BCUT2D eigenvalue weighted by Crippen LogP contribution is 2.33. The van der Waals surface area contributed by atoms with Crippen LogP contribution in [0.5, 0.6) is 0 Å². The maximum atomic E-state index is 12.8. The first-order chi connectivity index (χ1) is 10.3. The van der Waals surface area contributed by atoms with Crippen LogP contribution in [0.4, 0.5) is 0 Å². The third-order valence-corrected chi connectivity index (χ3v) is 5.34. The molecule has 0 amide bonds. The highest BCUT2D eigenvalue weighted by atomic mass is 32.1. The number of nitrogens with zero attached hydrogens (tertiary/aromatic N) is 2. The van der Waals surface area contributed by atoms with E-state index in [2.05, 4.69) is 4.98 Å². The second-order valence-electron chi connectivity index (χ2n) is 5.55. The average Bonchev–Trinajstić information content (AvgIpc) is 2.90. The largest absolute Gasteiger partial charge is 0.294 e. The fraction of sp³-hybridized carbons (Fsp3) is 0.294. The molecule has 4 heteroatoms. The van der Waals surface area contributed by atoms with Crippen LogP contribution in [0, 0.1) is 0 Å². The van der Waals surface area contributed by atoms with Gasteiger partial charge >= 0.3 is 0 Å². The first-order valence-corrected chi connectivity index (χ1v) is 8.18. The molecule has 2 aromatic heterocycles. The molecule has 4 rings (SSSR count). The van der Waals surface area contributed by atoms with E-state index in [-0.39, 0.29) is 5.56 Å². The van der Waals surface area contributed by atoms with E-state index < -0.39 is 0 Å². The molecule has 1 aromatic carbocycles. The Morgan fingerprint density at radius 3 is 2.81 bits per heavy atom. The van der Waals surface area contributed by atoms with Crippen LogP contribution in [0.1, 0.15) is 28.8 Å². The second-order valence-corrected chi connectivity index (χ2v) is 6.64. The summed E-state index contributed by atoms with van der Waals surface area (Å²) in [4.78, 5) is 19.6. The molecular formula is C17H16N2OS. The van der Waals surface area contributed by atoms with Gasteiger partial charge in [0.15, 0.2) is 0 Å². The Bertz CT molecular complexity index is 848. The Labute approximate surface area is 126 Å². The molecule has 0 saturated heterocycles. The van der Waals surface area contributed by atoms with E-state index in [4.69, 9.17) is 0 Å². The van der Waals surface area contributed by atoms with E-state index in [1.165, 1.54) is 23.3 Å². The number of hydrogen-bond acceptors (Lipinski definition) is 3. The summed E-state index contributed by atoms with van der Waals surface area (Å²) in [7, 11) is 0. The lowest BCUT2D eigenvalue weighted by molar-refractivity contribution is 0.697. The summed E-state index contributed by atoms with van der Waals surface area (Å²) in [6, 6.07) is 10.1. The fourth-order valence-electron chi connectivity index (χ4n) is 3.07. The van der Waals surface area contributed by atoms with Crippen molar-refractivity contribution in [3.8, 4) is 0 Å². The summed E-state index contributed by atoms with van der Waals surface area (Å²) in [6.07, 6.45) is 6.25. The highest BCUT2D eigenvalue weighted by Gasteiger charge is 2.19. The number of benzene rings is 1. The van der Waals surface area contributed by atoms with Gasteiger partial charge in [0.25, 0.3) is 5.56 Å². The van der Waals surface area contributed by atoms with Gasteiger partial charge in [-0.1, -0.05) is 30.3 Å². The molecule has 2 heterocycles. The quantitative estimate of drug-likeness (QED) is 0.726. The number of aromatic nitrogens is 2. The van der Waals surface area contributed by atoms with E-state index in [1.54, 1.807) is 22.2 Å². The molecule has 0 atom stereocenters. The van der Waals surface area contributed by atoms with Gasteiger partial charge in [0.2, 0.25) is 0 Å². The van der Waals surface area contributed by atoms with Crippen molar-refractivity contribution in [3.05, 3.63) is 63.0 Å². The number of rotatable bonds is 2. The molecule has 0 radical (unpaired) electrons. The zero-order valence-electron chi connectivity index (χ0n) is 11.7. The van der Waals surface area contributed by atoms with Crippen LogP contribution in [0.15, 0.2) is 41.5 Å². The molecule has 0 fully saturated rings. The van der Waals surface area contributed by atoms with Gasteiger partial charge in [0.1, 0.15) is 4.83 Å². The second kappa shape index (κ2) is 5.11. The van der Waals surface area contributed by atoms with Crippen molar-refractivity contribution in [1.29, 1.82) is 0 Å². The van der Waals surface area contributed by atoms with Crippen LogP contribution < -0.4 is 5.56 Å². The molecule has 0 spiro atoms. The van der Waals surface area contributed by atoms with E-state index in [0.29, 0.717) is 6.54 Å². The van der Waals surface area contributed by atoms with Gasteiger partial charge in [-0.3, -0.25) is 9.36 Å². The Morgan fingerprint density at radius 1 is 1.14 bits per heavy atom. The predicted molar refractivity (Wildman–Crippen MR) is 86.1 cm³/mol. The Kier molecular flexibility index (Phi) is 3.11. The van der Waals surface area contributed by atoms with Crippen molar-refractivity contribution in [2.45, 2.75) is 32.2 Å². The molecule has 106 valence electrons. The van der Waals surface area contributed by atoms with Crippen molar-refractivity contribution in [1.82, 2.24) is 9.55 Å². The zero-order valence-corrected chi connectivity index (χ0v) is 12.5. The molecule has 3 nitrogen and oxygen atoms in total. The van der Waals surface area contributed by atoms with Gasteiger partial charge in [-0.05, 0) is 36.8 Å². The predicted octanol–water partition coefficient (Wildman–Crippen LogP) is 3.39. The first-order valence-electron chi connectivity index (χ1n) is 7.36. The lowest BCUT2D eigenvalue weighted by atomic mass is 9.97. The van der Waals surface area contributed by atoms with Gasteiger partial charge < -0.3 is 0 Å². The summed E-state index contributed by atoms with van der Waals surface area (Å²) >= 11 is 1.70. The third-order valence-electron chi connectivity index (χ3n) is 4.14. The molecule has 3 aromatic rings. The Hall–Kier alpha value is -1.94. The molecule has 0 bridgehead atoms. The van der Waals surface area contributed by atoms with Crippen LogP contribution in [0.3, 0.4) is 0 Å². The normalized spacial score (nSPS) is 14.3. The smallest absolute Gasteiger partial charge is 0.262 e. The molecule has 0 unspecified atom stereocenters. The van der Waals surface area contributed by atoms with Crippen LogP contribution in [-0.2, 0) is 19.4 Å². The lowest BCUT2D eigenvalue weighted by Crippen LogP contribution is -2.21. The topological polar surface area (TPSA) is 34.9 Å². The first kappa shape index (κ1) is 12.8. The summed E-state index contributed by atoms with van der Waals surface area (Å²) < 4.78 is 1.74. The van der Waals surface area contributed by atoms with E-state index >= 15 is 0 Å².